The third kappa shape index (κ3) is 4.83. The minimum atomic E-state index is -2.38. The van der Waals surface area contributed by atoms with Crippen molar-refractivity contribution >= 4 is 5.82 Å². The molecule has 0 atom stereocenters. The Morgan fingerprint density at radius 2 is 1.92 bits per heavy atom. The SMILES string of the molecule is FC(F)COCCN1CCC(c2nccc(N3CCCC3)n2)CC1. The van der Waals surface area contributed by atoms with Crippen molar-refractivity contribution in [1.29, 1.82) is 0 Å². The summed E-state index contributed by atoms with van der Waals surface area (Å²) in [4.78, 5) is 13.9. The van der Waals surface area contributed by atoms with Crippen molar-refractivity contribution in [1.82, 2.24) is 14.9 Å². The molecule has 2 aliphatic rings. The molecular formula is C17H26F2N4O. The smallest absolute Gasteiger partial charge is 0.261 e. The van der Waals surface area contributed by atoms with Crippen molar-refractivity contribution in [2.45, 2.75) is 38.0 Å². The third-order valence-electron chi connectivity index (χ3n) is 4.84. The molecule has 2 saturated heterocycles. The maximum atomic E-state index is 12.0. The first-order chi connectivity index (χ1) is 11.7. The van der Waals surface area contributed by atoms with Crippen LogP contribution in [0, 0.1) is 0 Å². The Hall–Kier alpha value is -1.34. The lowest BCUT2D eigenvalue weighted by molar-refractivity contribution is 0.00783. The quantitative estimate of drug-likeness (QED) is 0.714. The zero-order chi connectivity index (χ0) is 16.8. The number of hydrogen-bond donors (Lipinski definition) is 0. The van der Waals surface area contributed by atoms with Crippen LogP contribution in [-0.2, 0) is 4.74 Å². The molecule has 2 fully saturated rings. The second-order valence-corrected chi connectivity index (χ2v) is 6.55. The van der Waals surface area contributed by atoms with Gasteiger partial charge in [-0.15, -0.1) is 0 Å². The van der Waals surface area contributed by atoms with Crippen LogP contribution in [0.15, 0.2) is 12.3 Å². The molecule has 0 spiro atoms. The number of hydrogen-bond acceptors (Lipinski definition) is 5. The minimum Gasteiger partial charge on any atom is -0.374 e. The van der Waals surface area contributed by atoms with Gasteiger partial charge in [0, 0.05) is 31.7 Å². The van der Waals surface area contributed by atoms with Crippen molar-refractivity contribution in [2.24, 2.45) is 0 Å². The minimum absolute atomic E-state index is 0.371. The molecule has 0 aliphatic carbocycles. The molecule has 0 aromatic carbocycles. The number of piperidine rings is 1. The molecule has 3 rings (SSSR count). The van der Waals surface area contributed by atoms with Gasteiger partial charge in [-0.05, 0) is 44.8 Å². The first-order valence-corrected chi connectivity index (χ1v) is 8.88. The Labute approximate surface area is 142 Å². The maximum Gasteiger partial charge on any atom is 0.261 e. The largest absolute Gasteiger partial charge is 0.374 e. The lowest BCUT2D eigenvalue weighted by Gasteiger charge is -2.31. The predicted octanol–water partition coefficient (Wildman–Crippen LogP) is 2.54. The van der Waals surface area contributed by atoms with Crippen molar-refractivity contribution in [3.05, 3.63) is 18.1 Å². The van der Waals surface area contributed by atoms with Crippen molar-refractivity contribution < 1.29 is 13.5 Å². The number of alkyl halides is 2. The van der Waals surface area contributed by atoms with E-state index in [9.17, 15) is 8.78 Å². The van der Waals surface area contributed by atoms with Gasteiger partial charge < -0.3 is 14.5 Å². The second-order valence-electron chi connectivity index (χ2n) is 6.55. The first kappa shape index (κ1) is 17.5. The summed E-state index contributed by atoms with van der Waals surface area (Å²) < 4.78 is 29.0. The lowest BCUT2D eigenvalue weighted by Crippen LogP contribution is -2.36. The van der Waals surface area contributed by atoms with E-state index in [0.717, 1.165) is 50.7 Å². The lowest BCUT2D eigenvalue weighted by atomic mass is 9.96. The predicted molar refractivity (Wildman–Crippen MR) is 88.7 cm³/mol. The van der Waals surface area contributed by atoms with E-state index in [-0.39, 0.29) is 0 Å². The Morgan fingerprint density at radius 1 is 1.17 bits per heavy atom. The second kappa shape index (κ2) is 8.67. The van der Waals surface area contributed by atoms with Crippen LogP contribution in [0.1, 0.15) is 37.4 Å². The van der Waals surface area contributed by atoms with Crippen molar-refractivity contribution in [2.75, 3.05) is 50.8 Å². The summed E-state index contributed by atoms with van der Waals surface area (Å²) >= 11 is 0. The molecule has 0 unspecified atom stereocenters. The van der Waals surface area contributed by atoms with Crippen LogP contribution in [0.4, 0.5) is 14.6 Å². The Bertz CT molecular complexity index is 503. The summed E-state index contributed by atoms with van der Waals surface area (Å²) in [5.41, 5.74) is 0. The van der Waals surface area contributed by atoms with Crippen LogP contribution in [0.2, 0.25) is 0 Å². The zero-order valence-corrected chi connectivity index (χ0v) is 14.0. The molecule has 24 heavy (non-hydrogen) atoms. The fraction of sp³-hybridized carbons (Fsp3) is 0.765. The molecule has 0 radical (unpaired) electrons. The summed E-state index contributed by atoms with van der Waals surface area (Å²) in [6.07, 6.45) is 4.00. The van der Waals surface area contributed by atoms with Crippen molar-refractivity contribution in [3.63, 3.8) is 0 Å². The zero-order valence-electron chi connectivity index (χ0n) is 14.0. The fourth-order valence-corrected chi connectivity index (χ4v) is 3.46. The van der Waals surface area contributed by atoms with E-state index in [1.807, 2.05) is 12.3 Å². The molecular weight excluding hydrogens is 314 g/mol. The van der Waals surface area contributed by atoms with E-state index in [4.69, 9.17) is 9.72 Å². The number of likely N-dealkylation sites (tertiary alicyclic amines) is 1. The molecule has 1 aromatic rings. The van der Waals surface area contributed by atoms with E-state index in [0.29, 0.717) is 19.1 Å². The molecule has 0 bridgehead atoms. The highest BCUT2D eigenvalue weighted by molar-refractivity contribution is 5.38. The van der Waals surface area contributed by atoms with E-state index in [1.54, 1.807) is 0 Å². The Balaban J connectivity index is 1.45. The number of halogens is 2. The summed E-state index contributed by atoms with van der Waals surface area (Å²) in [5, 5.41) is 0. The van der Waals surface area contributed by atoms with Gasteiger partial charge in [-0.25, -0.2) is 18.7 Å². The summed E-state index contributed by atoms with van der Waals surface area (Å²) in [5.74, 6) is 2.40. The van der Waals surface area contributed by atoms with Crippen LogP contribution in [0.3, 0.4) is 0 Å². The Kier molecular flexibility index (Phi) is 6.31. The number of ether oxygens (including phenoxy) is 1. The molecule has 0 amide bonds. The van der Waals surface area contributed by atoms with Gasteiger partial charge in [0.2, 0.25) is 0 Å². The van der Waals surface area contributed by atoms with Gasteiger partial charge in [-0.2, -0.15) is 0 Å². The monoisotopic (exact) mass is 340 g/mol. The van der Waals surface area contributed by atoms with E-state index in [1.165, 1.54) is 12.8 Å². The van der Waals surface area contributed by atoms with Crippen LogP contribution in [-0.4, -0.2) is 67.2 Å². The summed E-state index contributed by atoms with van der Waals surface area (Å²) in [6, 6.07) is 2.00. The van der Waals surface area contributed by atoms with Crippen molar-refractivity contribution in [3.8, 4) is 0 Å². The van der Waals surface area contributed by atoms with Gasteiger partial charge in [0.15, 0.2) is 0 Å². The maximum absolute atomic E-state index is 12.0. The van der Waals surface area contributed by atoms with Gasteiger partial charge in [0.1, 0.15) is 18.2 Å². The summed E-state index contributed by atoms with van der Waals surface area (Å²) in [7, 11) is 0. The normalized spacial score (nSPS) is 20.2. The summed E-state index contributed by atoms with van der Waals surface area (Å²) in [6.45, 7) is 4.69. The van der Waals surface area contributed by atoms with Gasteiger partial charge in [0.05, 0.1) is 6.61 Å². The molecule has 134 valence electrons. The fourth-order valence-electron chi connectivity index (χ4n) is 3.46. The molecule has 1 aromatic heterocycles. The molecule has 0 saturated carbocycles. The average Bonchev–Trinajstić information content (AvgIpc) is 3.14. The molecule has 5 nitrogen and oxygen atoms in total. The first-order valence-electron chi connectivity index (χ1n) is 8.88. The molecule has 0 N–H and O–H groups in total. The van der Waals surface area contributed by atoms with Gasteiger partial charge in [0.25, 0.3) is 6.43 Å². The number of anilines is 1. The van der Waals surface area contributed by atoms with Crippen LogP contribution in [0.25, 0.3) is 0 Å². The standard InChI is InChI=1S/C17H26F2N4O/c18-15(19)13-24-12-11-22-9-4-14(5-10-22)17-20-6-3-16(21-17)23-7-1-2-8-23/h3,6,14-15H,1-2,4-5,7-13H2. The van der Waals surface area contributed by atoms with Gasteiger partial charge >= 0.3 is 0 Å². The molecule has 2 aliphatic heterocycles. The van der Waals surface area contributed by atoms with Crippen LogP contribution >= 0.6 is 0 Å². The Morgan fingerprint density at radius 3 is 2.62 bits per heavy atom. The number of rotatable bonds is 7. The van der Waals surface area contributed by atoms with E-state index in [2.05, 4.69) is 14.8 Å². The highest BCUT2D eigenvalue weighted by atomic mass is 19.3. The van der Waals surface area contributed by atoms with Crippen LogP contribution in [0.5, 0.6) is 0 Å². The molecule has 7 heteroatoms. The van der Waals surface area contributed by atoms with E-state index < -0.39 is 13.0 Å². The van der Waals surface area contributed by atoms with Crippen LogP contribution < -0.4 is 4.90 Å². The van der Waals surface area contributed by atoms with Gasteiger partial charge in [-0.1, -0.05) is 0 Å². The average molecular weight is 340 g/mol. The highest BCUT2D eigenvalue weighted by Crippen LogP contribution is 2.27. The number of aromatic nitrogens is 2. The van der Waals surface area contributed by atoms with E-state index >= 15 is 0 Å². The van der Waals surface area contributed by atoms with Gasteiger partial charge in [-0.3, -0.25) is 0 Å². The highest BCUT2D eigenvalue weighted by Gasteiger charge is 2.23. The number of nitrogens with zero attached hydrogens (tertiary/aromatic N) is 4. The molecule has 3 heterocycles. The third-order valence-corrected chi connectivity index (χ3v) is 4.84. The topological polar surface area (TPSA) is 41.5 Å².